The molecule has 2 fully saturated rings. The number of ether oxygens (including phenoxy) is 2. The van der Waals surface area contributed by atoms with Gasteiger partial charge >= 0.3 is 0 Å². The molecule has 2 aliphatic rings. The highest BCUT2D eigenvalue weighted by molar-refractivity contribution is 5.98. The van der Waals surface area contributed by atoms with Crippen molar-refractivity contribution in [1.29, 1.82) is 0 Å². The van der Waals surface area contributed by atoms with Gasteiger partial charge in [0.1, 0.15) is 0 Å². The van der Waals surface area contributed by atoms with E-state index in [0.29, 0.717) is 23.7 Å². The zero-order valence-corrected chi connectivity index (χ0v) is 11.4. The van der Waals surface area contributed by atoms with Gasteiger partial charge in [-0.25, -0.2) is 4.98 Å². The van der Waals surface area contributed by atoms with Gasteiger partial charge in [-0.05, 0) is 38.7 Å². The third-order valence-electron chi connectivity index (χ3n) is 4.17. The molecule has 1 aromatic heterocycles. The monoisotopic (exact) mass is 261 g/mol. The number of carbonyl (C=O) groups excluding carboxylic acids is 1. The fraction of sp³-hybridized carbons (Fsp3) is 0.600. The Balaban J connectivity index is 1.78. The Bertz CT molecular complexity index is 488. The largest absolute Gasteiger partial charge is 0.481 e. The molecule has 0 N–H and O–H groups in total. The maximum absolute atomic E-state index is 12.5. The Hall–Kier alpha value is -1.42. The van der Waals surface area contributed by atoms with E-state index in [9.17, 15) is 4.79 Å². The number of aryl methyl sites for hydroxylation is 1. The molecular formula is C15H19NO3. The van der Waals surface area contributed by atoms with Crippen molar-refractivity contribution < 1.29 is 14.3 Å². The van der Waals surface area contributed by atoms with Crippen LogP contribution in [-0.2, 0) is 4.74 Å². The summed E-state index contributed by atoms with van der Waals surface area (Å²) < 4.78 is 10.9. The van der Waals surface area contributed by atoms with Crippen LogP contribution in [0.15, 0.2) is 12.3 Å². The molecule has 3 rings (SSSR count). The van der Waals surface area contributed by atoms with Crippen molar-refractivity contribution in [2.45, 2.75) is 44.8 Å². The van der Waals surface area contributed by atoms with Crippen molar-refractivity contribution in [2.24, 2.45) is 5.92 Å². The maximum Gasteiger partial charge on any atom is 0.215 e. The van der Waals surface area contributed by atoms with Crippen LogP contribution in [0.4, 0.5) is 0 Å². The summed E-state index contributed by atoms with van der Waals surface area (Å²) in [6.07, 6.45) is 6.15. The SMILES string of the molecule is COc1ncc(C(=O)C2CC3CCC(C2)O3)cc1C. The molecule has 0 amide bonds. The van der Waals surface area contributed by atoms with Crippen molar-refractivity contribution in [3.8, 4) is 5.88 Å². The van der Waals surface area contributed by atoms with Gasteiger partial charge in [0.2, 0.25) is 5.88 Å². The summed E-state index contributed by atoms with van der Waals surface area (Å²) in [6.45, 7) is 1.91. The Morgan fingerprint density at radius 3 is 2.63 bits per heavy atom. The van der Waals surface area contributed by atoms with E-state index < -0.39 is 0 Å². The van der Waals surface area contributed by atoms with Gasteiger partial charge in [0.15, 0.2) is 5.78 Å². The van der Waals surface area contributed by atoms with E-state index in [1.165, 1.54) is 0 Å². The first-order valence-electron chi connectivity index (χ1n) is 6.87. The molecule has 3 heterocycles. The van der Waals surface area contributed by atoms with Crippen LogP contribution in [0.1, 0.15) is 41.6 Å². The van der Waals surface area contributed by atoms with Gasteiger partial charge in [0.05, 0.1) is 19.3 Å². The van der Waals surface area contributed by atoms with E-state index >= 15 is 0 Å². The Morgan fingerprint density at radius 2 is 2.05 bits per heavy atom. The molecule has 2 atom stereocenters. The smallest absolute Gasteiger partial charge is 0.215 e. The average Bonchev–Trinajstić information content (AvgIpc) is 2.76. The number of carbonyl (C=O) groups is 1. The van der Waals surface area contributed by atoms with Crippen LogP contribution < -0.4 is 4.74 Å². The number of methoxy groups -OCH3 is 1. The van der Waals surface area contributed by atoms with E-state index in [0.717, 1.165) is 31.2 Å². The molecule has 19 heavy (non-hydrogen) atoms. The number of fused-ring (bicyclic) bond motifs is 2. The third kappa shape index (κ3) is 2.37. The lowest BCUT2D eigenvalue weighted by molar-refractivity contribution is -0.0149. The van der Waals surface area contributed by atoms with Crippen LogP contribution in [0.25, 0.3) is 0 Å². The maximum atomic E-state index is 12.5. The van der Waals surface area contributed by atoms with E-state index in [1.54, 1.807) is 13.3 Å². The molecular weight excluding hydrogens is 242 g/mol. The van der Waals surface area contributed by atoms with Crippen molar-refractivity contribution in [3.63, 3.8) is 0 Å². The second-order valence-corrected chi connectivity index (χ2v) is 5.54. The van der Waals surface area contributed by atoms with Gasteiger partial charge in [-0.15, -0.1) is 0 Å². The molecule has 2 unspecified atom stereocenters. The Morgan fingerprint density at radius 1 is 1.37 bits per heavy atom. The first-order valence-corrected chi connectivity index (χ1v) is 6.87. The summed E-state index contributed by atoms with van der Waals surface area (Å²) in [6, 6.07) is 1.88. The minimum Gasteiger partial charge on any atom is -0.481 e. The number of hydrogen-bond acceptors (Lipinski definition) is 4. The highest BCUT2D eigenvalue weighted by Gasteiger charge is 2.38. The van der Waals surface area contributed by atoms with E-state index in [-0.39, 0.29) is 11.7 Å². The number of aromatic nitrogens is 1. The van der Waals surface area contributed by atoms with Crippen molar-refractivity contribution >= 4 is 5.78 Å². The number of rotatable bonds is 3. The van der Waals surface area contributed by atoms with Crippen LogP contribution in [0.5, 0.6) is 5.88 Å². The molecule has 2 aliphatic heterocycles. The summed E-state index contributed by atoms with van der Waals surface area (Å²) >= 11 is 0. The van der Waals surface area contributed by atoms with E-state index in [1.807, 2.05) is 13.0 Å². The summed E-state index contributed by atoms with van der Waals surface area (Å²) in [5.74, 6) is 0.892. The lowest BCUT2D eigenvalue weighted by atomic mass is 9.88. The van der Waals surface area contributed by atoms with Crippen LogP contribution >= 0.6 is 0 Å². The van der Waals surface area contributed by atoms with Gasteiger partial charge in [-0.1, -0.05) is 0 Å². The van der Waals surface area contributed by atoms with Crippen molar-refractivity contribution in [3.05, 3.63) is 23.4 Å². The number of Topliss-reactive ketones (excluding diaryl/α,β-unsaturated/α-hetero) is 1. The van der Waals surface area contributed by atoms with Gasteiger partial charge in [-0.2, -0.15) is 0 Å². The predicted molar refractivity (Wildman–Crippen MR) is 70.5 cm³/mol. The summed E-state index contributed by atoms with van der Waals surface area (Å²) in [4.78, 5) is 16.7. The number of hydrogen-bond donors (Lipinski definition) is 0. The number of nitrogens with zero attached hydrogens (tertiary/aromatic N) is 1. The van der Waals surface area contributed by atoms with E-state index in [2.05, 4.69) is 4.98 Å². The zero-order valence-electron chi connectivity index (χ0n) is 11.4. The van der Waals surface area contributed by atoms with Gasteiger partial charge < -0.3 is 9.47 Å². The van der Waals surface area contributed by atoms with Crippen LogP contribution in [0.3, 0.4) is 0 Å². The first-order chi connectivity index (χ1) is 9.17. The lowest BCUT2D eigenvalue weighted by Crippen LogP contribution is -2.30. The molecule has 102 valence electrons. The highest BCUT2D eigenvalue weighted by atomic mass is 16.5. The molecule has 2 saturated heterocycles. The van der Waals surface area contributed by atoms with Gasteiger partial charge in [-0.3, -0.25) is 4.79 Å². The molecule has 0 spiro atoms. The Labute approximate surface area is 113 Å². The van der Waals surface area contributed by atoms with Crippen molar-refractivity contribution in [1.82, 2.24) is 4.98 Å². The molecule has 0 saturated carbocycles. The normalized spacial score (nSPS) is 29.3. The van der Waals surface area contributed by atoms with Crippen LogP contribution in [0, 0.1) is 12.8 Å². The average molecular weight is 261 g/mol. The number of pyridine rings is 1. The molecule has 4 nitrogen and oxygen atoms in total. The van der Waals surface area contributed by atoms with Crippen LogP contribution in [0.2, 0.25) is 0 Å². The minimum atomic E-state index is 0.0980. The summed E-state index contributed by atoms with van der Waals surface area (Å²) in [7, 11) is 1.59. The fourth-order valence-electron chi connectivity index (χ4n) is 3.22. The third-order valence-corrected chi connectivity index (χ3v) is 4.17. The highest BCUT2D eigenvalue weighted by Crippen LogP contribution is 2.37. The molecule has 2 bridgehead atoms. The first kappa shape index (κ1) is 12.6. The quantitative estimate of drug-likeness (QED) is 0.784. The minimum absolute atomic E-state index is 0.0980. The number of ketones is 1. The molecule has 0 radical (unpaired) electrons. The fourth-order valence-corrected chi connectivity index (χ4v) is 3.22. The van der Waals surface area contributed by atoms with Crippen molar-refractivity contribution in [2.75, 3.05) is 7.11 Å². The second kappa shape index (κ2) is 4.93. The molecule has 0 aromatic carbocycles. The van der Waals surface area contributed by atoms with Crippen LogP contribution in [-0.4, -0.2) is 30.1 Å². The topological polar surface area (TPSA) is 48.4 Å². The van der Waals surface area contributed by atoms with E-state index in [4.69, 9.17) is 9.47 Å². The second-order valence-electron chi connectivity index (χ2n) is 5.54. The Kier molecular flexibility index (Phi) is 3.27. The van der Waals surface area contributed by atoms with Gasteiger partial charge in [0.25, 0.3) is 0 Å². The van der Waals surface area contributed by atoms with Gasteiger partial charge in [0, 0.05) is 23.2 Å². The molecule has 0 aliphatic carbocycles. The lowest BCUT2D eigenvalue weighted by Gasteiger charge is -2.27. The zero-order chi connectivity index (χ0) is 13.4. The standard InChI is InChI=1S/C15H19NO3/c1-9-5-11(8-16-15(9)18-2)14(17)10-6-12-3-4-13(7-10)19-12/h5,8,10,12-13H,3-4,6-7H2,1-2H3. The molecule has 4 heteroatoms. The summed E-state index contributed by atoms with van der Waals surface area (Å²) in [5.41, 5.74) is 1.60. The predicted octanol–water partition coefficient (Wildman–Crippen LogP) is 2.54. The summed E-state index contributed by atoms with van der Waals surface area (Å²) in [5, 5.41) is 0. The molecule has 1 aromatic rings.